The lowest BCUT2D eigenvalue weighted by Crippen LogP contribution is -2.43. The van der Waals surface area contributed by atoms with E-state index in [2.05, 4.69) is 9.46 Å². The van der Waals surface area contributed by atoms with Crippen LogP contribution >= 0.6 is 11.3 Å². The van der Waals surface area contributed by atoms with Gasteiger partial charge in [-0.15, -0.1) is 11.3 Å². The van der Waals surface area contributed by atoms with Crippen LogP contribution < -0.4 is 4.72 Å². The first kappa shape index (κ1) is 17.1. The van der Waals surface area contributed by atoms with Crippen LogP contribution in [0.3, 0.4) is 0 Å². The van der Waals surface area contributed by atoms with Crippen molar-refractivity contribution in [3.05, 3.63) is 15.8 Å². The maximum atomic E-state index is 12.5. The summed E-state index contributed by atoms with van der Waals surface area (Å²) in [5.74, 6) is -0.628. The molecule has 0 aliphatic rings. The number of aryl methyl sites for hydroxylation is 1. The number of carbonyl (C=O) groups is 1. The van der Waals surface area contributed by atoms with Gasteiger partial charge in [-0.2, -0.15) is 0 Å². The van der Waals surface area contributed by atoms with Crippen LogP contribution in [0, 0.1) is 6.92 Å². The van der Waals surface area contributed by atoms with E-state index in [0.29, 0.717) is 12.0 Å². The maximum Gasteiger partial charge on any atom is 0.349 e. The van der Waals surface area contributed by atoms with Gasteiger partial charge in [0.2, 0.25) is 10.0 Å². The molecule has 0 atom stereocenters. The van der Waals surface area contributed by atoms with Gasteiger partial charge in [0.15, 0.2) is 0 Å². The third kappa shape index (κ3) is 3.80. The molecule has 0 saturated heterocycles. The molecule has 0 saturated carbocycles. The van der Waals surface area contributed by atoms with Crippen molar-refractivity contribution in [2.24, 2.45) is 0 Å². The smallest absolute Gasteiger partial charge is 0.349 e. The number of ether oxygens (including phenoxy) is 1. The zero-order valence-electron chi connectivity index (χ0n) is 12.4. The minimum atomic E-state index is -3.75. The summed E-state index contributed by atoms with van der Waals surface area (Å²) in [6.07, 6.45) is 1.57. The summed E-state index contributed by atoms with van der Waals surface area (Å²) < 4.78 is 32.4. The number of methoxy groups -OCH3 is 1. The van der Waals surface area contributed by atoms with E-state index in [9.17, 15) is 13.2 Å². The van der Waals surface area contributed by atoms with Gasteiger partial charge < -0.3 is 4.74 Å². The largest absolute Gasteiger partial charge is 0.465 e. The molecular formula is C13H21NO4S2. The lowest BCUT2D eigenvalue weighted by Gasteiger charge is -2.25. The highest BCUT2D eigenvalue weighted by atomic mass is 32.2. The Balaban J connectivity index is 3.23. The Morgan fingerprint density at radius 1 is 1.45 bits per heavy atom. The summed E-state index contributed by atoms with van der Waals surface area (Å²) in [6.45, 7) is 7.32. The fraction of sp³-hybridized carbons (Fsp3) is 0.615. The zero-order valence-corrected chi connectivity index (χ0v) is 14.1. The Labute approximate surface area is 124 Å². The fourth-order valence-electron chi connectivity index (χ4n) is 2.09. The Bertz CT molecular complexity index is 588. The van der Waals surface area contributed by atoms with E-state index in [1.165, 1.54) is 7.11 Å². The van der Waals surface area contributed by atoms with Crippen molar-refractivity contribution in [1.82, 2.24) is 4.72 Å². The molecule has 114 valence electrons. The predicted octanol–water partition coefficient (Wildman–Crippen LogP) is 2.70. The van der Waals surface area contributed by atoms with Gasteiger partial charge >= 0.3 is 5.97 Å². The summed E-state index contributed by atoms with van der Waals surface area (Å²) in [6, 6.07) is 0. The lowest BCUT2D eigenvalue weighted by atomic mass is 10.0. The van der Waals surface area contributed by atoms with Gasteiger partial charge in [0.25, 0.3) is 0 Å². The summed E-state index contributed by atoms with van der Waals surface area (Å²) in [7, 11) is -2.52. The molecule has 0 bridgehead atoms. The molecule has 20 heavy (non-hydrogen) atoms. The number of hydrogen-bond acceptors (Lipinski definition) is 5. The number of rotatable bonds is 6. The zero-order chi connectivity index (χ0) is 15.6. The molecule has 0 unspecified atom stereocenters. The molecule has 1 aromatic rings. The van der Waals surface area contributed by atoms with Gasteiger partial charge in [-0.3, -0.25) is 0 Å². The SMILES string of the molecule is CCCC(C)(C)NS(=O)(=O)c1c(C)csc1C(=O)OC. The molecule has 0 radical (unpaired) electrons. The molecule has 0 aliphatic carbocycles. The van der Waals surface area contributed by atoms with E-state index in [-0.39, 0.29) is 9.77 Å². The van der Waals surface area contributed by atoms with Crippen LogP contribution in [0.25, 0.3) is 0 Å². The van der Waals surface area contributed by atoms with Crippen molar-refractivity contribution in [1.29, 1.82) is 0 Å². The second kappa shape index (κ2) is 6.24. The fourth-order valence-corrected chi connectivity index (χ4v) is 5.24. The van der Waals surface area contributed by atoms with E-state index in [4.69, 9.17) is 0 Å². The number of carbonyl (C=O) groups excluding carboxylic acids is 1. The van der Waals surface area contributed by atoms with Crippen LogP contribution in [0.2, 0.25) is 0 Å². The van der Waals surface area contributed by atoms with Crippen molar-refractivity contribution < 1.29 is 17.9 Å². The highest BCUT2D eigenvalue weighted by Crippen LogP contribution is 2.29. The highest BCUT2D eigenvalue weighted by molar-refractivity contribution is 7.89. The van der Waals surface area contributed by atoms with Gasteiger partial charge in [0, 0.05) is 5.54 Å². The maximum absolute atomic E-state index is 12.5. The highest BCUT2D eigenvalue weighted by Gasteiger charge is 2.31. The van der Waals surface area contributed by atoms with Gasteiger partial charge in [-0.05, 0) is 38.1 Å². The van der Waals surface area contributed by atoms with Crippen LogP contribution in [0.15, 0.2) is 10.3 Å². The van der Waals surface area contributed by atoms with Gasteiger partial charge in [-0.1, -0.05) is 13.3 Å². The van der Waals surface area contributed by atoms with Crippen LogP contribution in [0.4, 0.5) is 0 Å². The molecule has 5 nitrogen and oxygen atoms in total. The van der Waals surface area contributed by atoms with Gasteiger partial charge in [0.1, 0.15) is 9.77 Å². The van der Waals surface area contributed by atoms with E-state index >= 15 is 0 Å². The molecule has 1 N–H and O–H groups in total. The topological polar surface area (TPSA) is 72.5 Å². The summed E-state index contributed by atoms with van der Waals surface area (Å²) in [5.41, 5.74) is -0.00906. The third-order valence-corrected chi connectivity index (χ3v) is 5.94. The van der Waals surface area contributed by atoms with Crippen molar-refractivity contribution >= 4 is 27.3 Å². The third-order valence-electron chi connectivity index (χ3n) is 2.84. The molecule has 7 heteroatoms. The second-order valence-corrected chi connectivity index (χ2v) is 7.81. The van der Waals surface area contributed by atoms with Gasteiger partial charge in [0.05, 0.1) is 7.11 Å². The van der Waals surface area contributed by atoms with Crippen molar-refractivity contribution in [3.63, 3.8) is 0 Å². The number of esters is 1. The van der Waals surface area contributed by atoms with Crippen molar-refractivity contribution in [2.75, 3.05) is 7.11 Å². The minimum Gasteiger partial charge on any atom is -0.465 e. The van der Waals surface area contributed by atoms with Crippen LogP contribution in [-0.4, -0.2) is 27.0 Å². The Hall–Kier alpha value is -0.920. The van der Waals surface area contributed by atoms with E-state index < -0.39 is 21.5 Å². The quantitative estimate of drug-likeness (QED) is 0.818. The minimum absolute atomic E-state index is 0.0264. The van der Waals surface area contributed by atoms with E-state index in [0.717, 1.165) is 17.8 Å². The first-order chi connectivity index (χ1) is 9.14. The predicted molar refractivity (Wildman–Crippen MR) is 79.7 cm³/mol. The standard InChI is InChI=1S/C13H21NO4S2/c1-6-7-13(3,4)14-20(16,17)11-9(2)8-19-10(11)12(15)18-5/h8,14H,6-7H2,1-5H3. The van der Waals surface area contributed by atoms with Crippen LogP contribution in [0.1, 0.15) is 48.8 Å². The number of nitrogens with one attached hydrogen (secondary N) is 1. The lowest BCUT2D eigenvalue weighted by molar-refractivity contribution is 0.0602. The summed E-state index contributed by atoms with van der Waals surface area (Å²) in [4.78, 5) is 11.8. The molecule has 0 spiro atoms. The van der Waals surface area contributed by atoms with E-state index in [1.807, 2.05) is 20.8 Å². The molecule has 0 aromatic carbocycles. The number of sulfonamides is 1. The first-order valence-corrected chi connectivity index (χ1v) is 8.71. The summed E-state index contributed by atoms with van der Waals surface area (Å²) >= 11 is 1.08. The Morgan fingerprint density at radius 2 is 2.05 bits per heavy atom. The summed E-state index contributed by atoms with van der Waals surface area (Å²) in [5, 5.41) is 1.65. The van der Waals surface area contributed by atoms with Crippen molar-refractivity contribution in [3.8, 4) is 0 Å². The second-order valence-electron chi connectivity index (χ2n) is 5.31. The average molecular weight is 319 g/mol. The molecular weight excluding hydrogens is 298 g/mol. The molecule has 0 amide bonds. The number of thiophene rings is 1. The normalized spacial score (nSPS) is 12.4. The molecule has 1 rings (SSSR count). The van der Waals surface area contributed by atoms with Gasteiger partial charge in [-0.25, -0.2) is 17.9 Å². The number of hydrogen-bond donors (Lipinski definition) is 1. The molecule has 1 heterocycles. The first-order valence-electron chi connectivity index (χ1n) is 6.35. The Morgan fingerprint density at radius 3 is 2.55 bits per heavy atom. The average Bonchev–Trinajstić information content (AvgIpc) is 2.69. The Kier molecular flexibility index (Phi) is 5.34. The van der Waals surface area contributed by atoms with Crippen LogP contribution in [0.5, 0.6) is 0 Å². The van der Waals surface area contributed by atoms with Crippen LogP contribution in [-0.2, 0) is 14.8 Å². The van der Waals surface area contributed by atoms with E-state index in [1.54, 1.807) is 12.3 Å². The molecule has 0 fully saturated rings. The monoisotopic (exact) mass is 319 g/mol. The molecule has 0 aliphatic heterocycles. The van der Waals surface area contributed by atoms with Crippen molar-refractivity contribution in [2.45, 2.75) is 51.0 Å². The molecule has 1 aromatic heterocycles.